The summed E-state index contributed by atoms with van der Waals surface area (Å²) in [5.41, 5.74) is 0. The smallest absolute Gasteiger partial charge is 0.328 e. The van der Waals surface area contributed by atoms with Crippen LogP contribution in [0, 0.1) is 5.92 Å². The van der Waals surface area contributed by atoms with E-state index in [9.17, 15) is 13.2 Å². The minimum atomic E-state index is -3.81. The molecule has 1 aromatic carbocycles. The van der Waals surface area contributed by atoms with Crippen molar-refractivity contribution < 1.29 is 17.9 Å². The minimum Gasteiger partial charge on any atom is -0.461 e. The van der Waals surface area contributed by atoms with Crippen LogP contribution in [0.1, 0.15) is 45.4 Å². The molecule has 24 heavy (non-hydrogen) atoms. The number of ether oxygens (including phenoxy) is 1. The van der Waals surface area contributed by atoms with Crippen molar-refractivity contribution in [1.29, 1.82) is 0 Å². The van der Waals surface area contributed by atoms with E-state index in [-0.39, 0.29) is 16.9 Å². The molecule has 2 aliphatic rings. The molecular formula is C19H24O4S. The predicted molar refractivity (Wildman–Crippen MR) is 92.2 cm³/mol. The van der Waals surface area contributed by atoms with E-state index in [2.05, 4.69) is 6.08 Å². The molecule has 1 aliphatic carbocycles. The molecule has 4 nitrogen and oxygen atoms in total. The third-order valence-corrected chi connectivity index (χ3v) is 7.76. The number of carbonyl (C=O) groups excluding carboxylic acids is 1. The first-order valence-electron chi connectivity index (χ1n) is 8.70. The van der Waals surface area contributed by atoms with Crippen LogP contribution in [0.25, 0.3) is 0 Å². The highest BCUT2D eigenvalue weighted by molar-refractivity contribution is 7.93. The lowest BCUT2D eigenvalue weighted by Crippen LogP contribution is -2.49. The number of hydrogen-bond acceptors (Lipinski definition) is 4. The summed E-state index contributed by atoms with van der Waals surface area (Å²) in [5.74, 6) is -0.864. The second-order valence-corrected chi connectivity index (χ2v) is 8.85. The van der Waals surface area contributed by atoms with Crippen LogP contribution < -0.4 is 0 Å². The Bertz CT molecular complexity index is 723. The molecule has 0 radical (unpaired) electrons. The first-order chi connectivity index (χ1) is 11.5. The van der Waals surface area contributed by atoms with Gasteiger partial charge in [-0.25, -0.2) is 8.42 Å². The molecule has 1 aliphatic heterocycles. The number of carbonyl (C=O) groups is 1. The van der Waals surface area contributed by atoms with Crippen molar-refractivity contribution in [3.8, 4) is 0 Å². The van der Waals surface area contributed by atoms with E-state index in [1.807, 2.05) is 13.0 Å². The van der Waals surface area contributed by atoms with Crippen LogP contribution >= 0.6 is 0 Å². The van der Waals surface area contributed by atoms with Gasteiger partial charge in [0.1, 0.15) is 6.10 Å². The van der Waals surface area contributed by atoms with Gasteiger partial charge >= 0.3 is 5.97 Å². The van der Waals surface area contributed by atoms with Crippen molar-refractivity contribution in [2.45, 2.75) is 61.2 Å². The average Bonchev–Trinajstić information content (AvgIpc) is 2.80. The number of benzene rings is 1. The molecule has 1 heterocycles. The number of fused-ring (bicyclic) bond motifs is 1. The van der Waals surface area contributed by atoms with Gasteiger partial charge in [-0.3, -0.25) is 4.79 Å². The van der Waals surface area contributed by atoms with Gasteiger partial charge in [0.25, 0.3) is 0 Å². The topological polar surface area (TPSA) is 60.4 Å². The molecule has 0 saturated carbocycles. The largest absolute Gasteiger partial charge is 0.461 e. The van der Waals surface area contributed by atoms with Gasteiger partial charge in [0.2, 0.25) is 0 Å². The van der Waals surface area contributed by atoms with Gasteiger partial charge in [-0.05, 0) is 44.2 Å². The maximum absolute atomic E-state index is 13.5. The van der Waals surface area contributed by atoms with Gasteiger partial charge in [-0.1, -0.05) is 43.7 Å². The standard InChI is InChI=1S/C19H24O4S/c1-2-10-17-16-13-8-3-4-9-14-19(16,18(20)23-17)24(21,22)15-11-6-5-7-12-15/h3,5-8,11-12,16-17H,2,4,9-10,13-14H2,1H3/b8-3-/t16-,17-,19+/m1/s1. The van der Waals surface area contributed by atoms with E-state index < -0.39 is 20.6 Å². The van der Waals surface area contributed by atoms with Gasteiger partial charge in [-0.15, -0.1) is 0 Å². The molecule has 1 fully saturated rings. The van der Waals surface area contributed by atoms with Gasteiger partial charge < -0.3 is 4.74 Å². The Labute approximate surface area is 143 Å². The summed E-state index contributed by atoms with van der Waals surface area (Å²) >= 11 is 0. The first-order valence-corrected chi connectivity index (χ1v) is 10.2. The van der Waals surface area contributed by atoms with Crippen LogP contribution in [0.2, 0.25) is 0 Å². The average molecular weight is 348 g/mol. The Balaban J connectivity index is 2.14. The molecule has 0 spiro atoms. The minimum absolute atomic E-state index is 0.216. The number of cyclic esters (lactones) is 1. The summed E-state index contributed by atoms with van der Waals surface area (Å²) < 4.78 is 31.2. The first kappa shape index (κ1) is 17.2. The van der Waals surface area contributed by atoms with Gasteiger partial charge in [0.15, 0.2) is 14.6 Å². The maximum Gasteiger partial charge on any atom is 0.328 e. The SMILES string of the molecule is CCC[C@H]1OC(=O)[C@]2(S(=O)(=O)c3ccccc3)CCC/C=C\C[C@H]12. The molecule has 0 N–H and O–H groups in total. The highest BCUT2D eigenvalue weighted by Crippen LogP contribution is 2.48. The van der Waals surface area contributed by atoms with E-state index in [0.29, 0.717) is 25.7 Å². The van der Waals surface area contributed by atoms with Crippen molar-refractivity contribution in [3.05, 3.63) is 42.5 Å². The highest BCUT2D eigenvalue weighted by Gasteiger charge is 2.64. The Morgan fingerprint density at radius 3 is 2.67 bits per heavy atom. The number of esters is 1. The van der Waals surface area contributed by atoms with Crippen molar-refractivity contribution in [3.63, 3.8) is 0 Å². The van der Waals surface area contributed by atoms with Crippen LogP contribution in [-0.4, -0.2) is 25.2 Å². The molecular weight excluding hydrogens is 324 g/mol. The fourth-order valence-electron chi connectivity index (χ4n) is 4.04. The van der Waals surface area contributed by atoms with Crippen LogP contribution in [0.3, 0.4) is 0 Å². The molecule has 3 atom stereocenters. The van der Waals surface area contributed by atoms with Gasteiger partial charge in [0, 0.05) is 5.92 Å². The lowest BCUT2D eigenvalue weighted by Gasteiger charge is -2.32. The molecule has 0 aromatic heterocycles. The fourth-order valence-corrected chi connectivity index (χ4v) is 6.30. The van der Waals surface area contributed by atoms with E-state index in [4.69, 9.17) is 4.74 Å². The van der Waals surface area contributed by atoms with Crippen LogP contribution in [0.15, 0.2) is 47.4 Å². The maximum atomic E-state index is 13.5. The van der Waals surface area contributed by atoms with Crippen molar-refractivity contribution in [1.82, 2.24) is 0 Å². The quantitative estimate of drug-likeness (QED) is 0.615. The molecule has 5 heteroatoms. The predicted octanol–water partition coefficient (Wildman–Crippen LogP) is 3.67. The van der Waals surface area contributed by atoms with E-state index >= 15 is 0 Å². The summed E-state index contributed by atoms with van der Waals surface area (Å²) in [4.78, 5) is 13.1. The summed E-state index contributed by atoms with van der Waals surface area (Å²) in [6, 6.07) is 8.34. The zero-order valence-corrected chi connectivity index (χ0v) is 14.8. The summed E-state index contributed by atoms with van der Waals surface area (Å²) in [6.07, 6.45) is 7.73. The van der Waals surface area contributed by atoms with E-state index in [1.54, 1.807) is 30.3 Å². The van der Waals surface area contributed by atoms with Crippen molar-refractivity contribution in [2.24, 2.45) is 5.92 Å². The number of allylic oxidation sites excluding steroid dienone is 2. The Morgan fingerprint density at radius 1 is 1.21 bits per heavy atom. The zero-order chi connectivity index (χ0) is 17.2. The fraction of sp³-hybridized carbons (Fsp3) is 0.526. The number of hydrogen-bond donors (Lipinski definition) is 0. The molecule has 0 amide bonds. The molecule has 0 bridgehead atoms. The van der Waals surface area contributed by atoms with Crippen molar-refractivity contribution >= 4 is 15.8 Å². The monoisotopic (exact) mass is 348 g/mol. The lowest BCUT2D eigenvalue weighted by molar-refractivity contribution is -0.143. The molecule has 130 valence electrons. The molecule has 1 saturated heterocycles. The summed E-state index contributed by atoms with van der Waals surface area (Å²) in [7, 11) is -3.81. The van der Waals surface area contributed by atoms with Crippen LogP contribution in [0.5, 0.6) is 0 Å². The van der Waals surface area contributed by atoms with Crippen LogP contribution in [-0.2, 0) is 19.4 Å². The number of sulfone groups is 1. The lowest BCUT2D eigenvalue weighted by atomic mass is 9.80. The van der Waals surface area contributed by atoms with E-state index in [0.717, 1.165) is 12.8 Å². The van der Waals surface area contributed by atoms with Crippen molar-refractivity contribution in [2.75, 3.05) is 0 Å². The Kier molecular flexibility index (Phi) is 4.81. The third kappa shape index (κ3) is 2.59. The summed E-state index contributed by atoms with van der Waals surface area (Å²) in [6.45, 7) is 2.03. The van der Waals surface area contributed by atoms with Gasteiger partial charge in [-0.2, -0.15) is 0 Å². The normalized spacial score (nSPS) is 31.6. The Hall–Kier alpha value is -1.62. The van der Waals surface area contributed by atoms with Gasteiger partial charge in [0.05, 0.1) is 4.90 Å². The zero-order valence-electron chi connectivity index (χ0n) is 14.0. The summed E-state index contributed by atoms with van der Waals surface area (Å²) in [5, 5.41) is 0. The highest BCUT2D eigenvalue weighted by atomic mass is 32.2. The molecule has 1 aromatic rings. The van der Waals surface area contributed by atoms with E-state index in [1.165, 1.54) is 0 Å². The third-order valence-electron chi connectivity index (χ3n) is 5.23. The second kappa shape index (κ2) is 6.71. The second-order valence-electron chi connectivity index (χ2n) is 6.64. The molecule has 3 rings (SSSR count). The molecule has 0 unspecified atom stereocenters. The Morgan fingerprint density at radius 2 is 1.96 bits per heavy atom. The number of rotatable bonds is 4. The van der Waals surface area contributed by atoms with Crippen LogP contribution in [0.4, 0.5) is 0 Å².